The molecule has 0 unspecified atom stereocenters. The van der Waals surface area contributed by atoms with Gasteiger partial charge in [0.1, 0.15) is 11.6 Å². The number of hydrogen-bond acceptors (Lipinski definition) is 4. The SMILES string of the molecule is Cc1c(F)cccc1[C@]1(C(=O)NO)Cc2cnn(-c3ccc(F)cn3)c2C1. The van der Waals surface area contributed by atoms with E-state index in [1.807, 2.05) is 0 Å². The van der Waals surface area contributed by atoms with Crippen LogP contribution < -0.4 is 5.48 Å². The highest BCUT2D eigenvalue weighted by atomic mass is 19.1. The Balaban J connectivity index is 1.83. The van der Waals surface area contributed by atoms with Crippen molar-refractivity contribution in [1.82, 2.24) is 20.2 Å². The van der Waals surface area contributed by atoms with Gasteiger partial charge in [-0.15, -0.1) is 0 Å². The zero-order chi connectivity index (χ0) is 19.2. The summed E-state index contributed by atoms with van der Waals surface area (Å²) in [4.78, 5) is 16.7. The summed E-state index contributed by atoms with van der Waals surface area (Å²) in [7, 11) is 0. The van der Waals surface area contributed by atoms with Crippen LogP contribution in [0.2, 0.25) is 0 Å². The van der Waals surface area contributed by atoms with E-state index in [2.05, 4.69) is 10.1 Å². The maximum absolute atomic E-state index is 14.1. The van der Waals surface area contributed by atoms with Crippen molar-refractivity contribution in [2.75, 3.05) is 0 Å². The normalized spacial score (nSPS) is 18.4. The first kappa shape index (κ1) is 17.3. The molecule has 1 amide bonds. The zero-order valence-electron chi connectivity index (χ0n) is 14.4. The summed E-state index contributed by atoms with van der Waals surface area (Å²) in [6, 6.07) is 7.32. The Bertz CT molecular complexity index is 1030. The van der Waals surface area contributed by atoms with E-state index >= 15 is 0 Å². The van der Waals surface area contributed by atoms with Crippen molar-refractivity contribution in [2.45, 2.75) is 25.2 Å². The monoisotopic (exact) mass is 370 g/mol. The third kappa shape index (κ3) is 2.60. The first-order valence-electron chi connectivity index (χ1n) is 8.34. The maximum Gasteiger partial charge on any atom is 0.254 e. The average Bonchev–Trinajstić information content (AvgIpc) is 3.22. The average molecular weight is 370 g/mol. The maximum atomic E-state index is 14.1. The van der Waals surface area contributed by atoms with E-state index in [-0.39, 0.29) is 12.8 Å². The number of carbonyl (C=O) groups excluding carboxylic acids is 1. The molecule has 4 rings (SSSR count). The highest BCUT2D eigenvalue weighted by Crippen LogP contribution is 2.42. The van der Waals surface area contributed by atoms with Crippen molar-refractivity contribution in [3.63, 3.8) is 0 Å². The van der Waals surface area contributed by atoms with Gasteiger partial charge in [0.15, 0.2) is 5.82 Å². The molecule has 0 saturated heterocycles. The number of pyridine rings is 1. The third-order valence-electron chi connectivity index (χ3n) is 5.17. The molecule has 0 saturated carbocycles. The fraction of sp³-hybridized carbons (Fsp3) is 0.211. The quantitative estimate of drug-likeness (QED) is 0.548. The molecule has 2 N–H and O–H groups in total. The fourth-order valence-electron chi connectivity index (χ4n) is 3.81. The van der Waals surface area contributed by atoms with Crippen molar-refractivity contribution < 1.29 is 18.8 Å². The van der Waals surface area contributed by atoms with E-state index in [1.165, 1.54) is 22.9 Å². The van der Waals surface area contributed by atoms with Crippen molar-refractivity contribution >= 4 is 5.91 Å². The standard InChI is InChI=1S/C19H16F2N4O2/c1-11-14(3-2-4-15(11)21)19(18(26)24-27)7-12-9-23-25(16(12)8-19)17-6-5-13(20)10-22-17/h2-6,9-10,27H,7-8H2,1H3,(H,24,26)/t19-/m0/s1. The van der Waals surface area contributed by atoms with Crippen LogP contribution in [0.1, 0.15) is 22.4 Å². The van der Waals surface area contributed by atoms with Crippen LogP contribution in [0, 0.1) is 18.6 Å². The second-order valence-electron chi connectivity index (χ2n) is 6.65. The Kier molecular flexibility index (Phi) is 4.00. The summed E-state index contributed by atoms with van der Waals surface area (Å²) in [5, 5.41) is 13.6. The lowest BCUT2D eigenvalue weighted by molar-refractivity contribution is -0.135. The van der Waals surface area contributed by atoms with Crippen LogP contribution in [0.5, 0.6) is 0 Å². The molecule has 6 nitrogen and oxygen atoms in total. The van der Waals surface area contributed by atoms with Crippen LogP contribution in [-0.4, -0.2) is 25.9 Å². The predicted octanol–water partition coefficient (Wildman–Crippen LogP) is 2.40. The molecular weight excluding hydrogens is 354 g/mol. The lowest BCUT2D eigenvalue weighted by atomic mass is 9.75. The molecule has 0 spiro atoms. The molecule has 27 heavy (non-hydrogen) atoms. The molecule has 0 bridgehead atoms. The van der Waals surface area contributed by atoms with Gasteiger partial charge < -0.3 is 0 Å². The minimum Gasteiger partial charge on any atom is -0.289 e. The fourth-order valence-corrected chi connectivity index (χ4v) is 3.81. The van der Waals surface area contributed by atoms with Gasteiger partial charge >= 0.3 is 0 Å². The van der Waals surface area contributed by atoms with E-state index in [4.69, 9.17) is 0 Å². The molecule has 3 aromatic rings. The lowest BCUT2D eigenvalue weighted by Gasteiger charge is -2.29. The predicted molar refractivity (Wildman–Crippen MR) is 91.5 cm³/mol. The van der Waals surface area contributed by atoms with Gasteiger partial charge in [-0.25, -0.2) is 23.9 Å². The van der Waals surface area contributed by atoms with Crippen LogP contribution in [0.15, 0.2) is 42.7 Å². The molecule has 8 heteroatoms. The van der Waals surface area contributed by atoms with Gasteiger partial charge in [-0.2, -0.15) is 5.10 Å². The second kappa shape index (κ2) is 6.24. The molecule has 0 radical (unpaired) electrons. The van der Waals surface area contributed by atoms with Crippen LogP contribution in [-0.2, 0) is 23.1 Å². The van der Waals surface area contributed by atoms with Gasteiger partial charge in [0.25, 0.3) is 5.91 Å². The molecule has 1 aliphatic carbocycles. The van der Waals surface area contributed by atoms with Crippen LogP contribution >= 0.6 is 0 Å². The number of hydrogen-bond donors (Lipinski definition) is 2. The van der Waals surface area contributed by atoms with E-state index < -0.39 is 23.0 Å². The molecule has 1 aromatic carbocycles. The van der Waals surface area contributed by atoms with Crippen molar-refractivity contribution in [3.05, 3.63) is 76.7 Å². The number of halogens is 2. The number of fused-ring (bicyclic) bond motifs is 1. The van der Waals surface area contributed by atoms with Gasteiger partial charge in [-0.1, -0.05) is 12.1 Å². The van der Waals surface area contributed by atoms with Gasteiger partial charge in [-0.3, -0.25) is 10.0 Å². The topological polar surface area (TPSA) is 80.0 Å². The first-order valence-corrected chi connectivity index (χ1v) is 8.34. The Morgan fingerprint density at radius 2 is 2.04 bits per heavy atom. The number of benzene rings is 1. The highest BCUT2D eigenvalue weighted by Gasteiger charge is 2.48. The third-order valence-corrected chi connectivity index (χ3v) is 5.17. The largest absolute Gasteiger partial charge is 0.289 e. The van der Waals surface area contributed by atoms with Gasteiger partial charge in [0.05, 0.1) is 23.5 Å². The van der Waals surface area contributed by atoms with E-state index in [0.29, 0.717) is 22.6 Å². The number of hydroxylamine groups is 1. The van der Waals surface area contributed by atoms with E-state index in [1.54, 1.807) is 30.7 Å². The molecule has 2 heterocycles. The van der Waals surface area contributed by atoms with Crippen LogP contribution in [0.25, 0.3) is 5.82 Å². The van der Waals surface area contributed by atoms with Crippen molar-refractivity contribution in [1.29, 1.82) is 0 Å². The van der Waals surface area contributed by atoms with Crippen LogP contribution in [0.3, 0.4) is 0 Å². The number of rotatable bonds is 3. The van der Waals surface area contributed by atoms with E-state index in [0.717, 1.165) is 11.8 Å². The molecule has 0 aliphatic heterocycles. The summed E-state index contributed by atoms with van der Waals surface area (Å²) in [5.41, 5.74) is 2.91. The molecule has 1 atom stereocenters. The Morgan fingerprint density at radius 1 is 1.22 bits per heavy atom. The summed E-state index contributed by atoms with van der Waals surface area (Å²) in [6.07, 6.45) is 3.14. The summed E-state index contributed by atoms with van der Waals surface area (Å²) in [6.45, 7) is 1.61. The van der Waals surface area contributed by atoms with Crippen LogP contribution in [0.4, 0.5) is 8.78 Å². The molecule has 1 aliphatic rings. The summed E-state index contributed by atoms with van der Waals surface area (Å²) < 4.78 is 28.9. The van der Waals surface area contributed by atoms with Gasteiger partial charge in [-0.05, 0) is 48.2 Å². The van der Waals surface area contributed by atoms with E-state index in [9.17, 15) is 18.8 Å². The number of carbonyl (C=O) groups is 1. The lowest BCUT2D eigenvalue weighted by Crippen LogP contribution is -2.45. The second-order valence-corrected chi connectivity index (χ2v) is 6.65. The summed E-state index contributed by atoms with van der Waals surface area (Å²) in [5.74, 6) is -1.10. The molecule has 0 fully saturated rings. The molecule has 2 aromatic heterocycles. The molecule has 138 valence electrons. The van der Waals surface area contributed by atoms with Gasteiger partial charge in [0.2, 0.25) is 0 Å². The number of aromatic nitrogens is 3. The van der Waals surface area contributed by atoms with Crippen molar-refractivity contribution in [2.24, 2.45) is 0 Å². The number of nitrogens with zero attached hydrogens (tertiary/aromatic N) is 3. The summed E-state index contributed by atoms with van der Waals surface area (Å²) >= 11 is 0. The molecular formula is C19H16F2N4O2. The minimum absolute atomic E-state index is 0.193. The van der Waals surface area contributed by atoms with Gasteiger partial charge in [0, 0.05) is 6.42 Å². The number of amides is 1. The Hall–Kier alpha value is -3.13. The Morgan fingerprint density at radius 3 is 2.74 bits per heavy atom. The zero-order valence-corrected chi connectivity index (χ0v) is 14.4. The first-order chi connectivity index (χ1) is 13.0. The highest BCUT2D eigenvalue weighted by molar-refractivity contribution is 5.89. The Labute approximate surface area is 153 Å². The smallest absolute Gasteiger partial charge is 0.254 e. The number of nitrogens with one attached hydrogen (secondary N) is 1. The minimum atomic E-state index is -1.17. The van der Waals surface area contributed by atoms with Crippen molar-refractivity contribution in [3.8, 4) is 5.82 Å².